The van der Waals surface area contributed by atoms with Gasteiger partial charge in [-0.05, 0) is 24.6 Å². The van der Waals surface area contributed by atoms with Gasteiger partial charge in [-0.25, -0.2) is 0 Å². The Hall–Kier alpha value is -1.06. The van der Waals surface area contributed by atoms with Crippen LogP contribution < -0.4 is 5.32 Å². The van der Waals surface area contributed by atoms with E-state index in [-0.39, 0.29) is 6.04 Å². The third-order valence-electron chi connectivity index (χ3n) is 2.53. The molecule has 1 aromatic carbocycles. The molecule has 0 bridgehead atoms. The Morgan fingerprint density at radius 3 is 2.61 bits per heavy atom. The van der Waals surface area contributed by atoms with Crippen LogP contribution in [0, 0.1) is 17.2 Å². The molecule has 1 N–H and O–H groups in total. The highest BCUT2D eigenvalue weighted by molar-refractivity contribution is 9.10. The van der Waals surface area contributed by atoms with Crippen molar-refractivity contribution in [1.29, 1.82) is 5.26 Å². The van der Waals surface area contributed by atoms with Crippen LogP contribution >= 0.6 is 15.9 Å². The van der Waals surface area contributed by atoms with Crippen LogP contribution in [0.3, 0.4) is 0 Å². The lowest BCUT2D eigenvalue weighted by atomic mass is 10.1. The van der Waals surface area contributed by atoms with Crippen molar-refractivity contribution in [1.82, 2.24) is 5.32 Å². The molecular formula is C12H12BrF3N2. The smallest absolute Gasteiger partial charge is 0.309 e. The molecule has 98 valence electrons. The second kappa shape index (κ2) is 6.21. The molecule has 0 fully saturated rings. The third-order valence-corrected chi connectivity index (χ3v) is 3.02. The molecule has 0 saturated heterocycles. The second-order valence-electron chi connectivity index (χ2n) is 3.91. The van der Waals surface area contributed by atoms with Gasteiger partial charge in [-0.15, -0.1) is 0 Å². The van der Waals surface area contributed by atoms with Gasteiger partial charge in [-0.1, -0.05) is 28.1 Å². The fraction of sp³-hybridized carbons (Fsp3) is 0.417. The quantitative estimate of drug-likeness (QED) is 0.915. The lowest BCUT2D eigenvalue weighted by Crippen LogP contribution is -2.33. The highest BCUT2D eigenvalue weighted by Gasteiger charge is 2.39. The first-order valence-electron chi connectivity index (χ1n) is 5.29. The number of halogens is 4. The monoisotopic (exact) mass is 320 g/mol. The molecule has 1 aromatic rings. The molecule has 0 saturated carbocycles. The highest BCUT2D eigenvalue weighted by atomic mass is 79.9. The van der Waals surface area contributed by atoms with Crippen molar-refractivity contribution in [2.75, 3.05) is 6.54 Å². The summed E-state index contributed by atoms with van der Waals surface area (Å²) >= 11 is 3.30. The Morgan fingerprint density at radius 2 is 2.11 bits per heavy atom. The zero-order valence-electron chi connectivity index (χ0n) is 9.63. The average molecular weight is 321 g/mol. The molecule has 0 radical (unpaired) electrons. The van der Waals surface area contributed by atoms with Crippen LogP contribution in [0.25, 0.3) is 0 Å². The molecule has 18 heavy (non-hydrogen) atoms. The minimum absolute atomic E-state index is 0.249. The van der Waals surface area contributed by atoms with Crippen LogP contribution in [-0.4, -0.2) is 12.7 Å². The number of nitrogens with zero attached hydrogens (tertiary/aromatic N) is 1. The van der Waals surface area contributed by atoms with E-state index in [2.05, 4.69) is 21.2 Å². The zero-order chi connectivity index (χ0) is 13.8. The summed E-state index contributed by atoms with van der Waals surface area (Å²) in [5.41, 5.74) is 0.864. The van der Waals surface area contributed by atoms with E-state index in [4.69, 9.17) is 5.26 Å². The molecule has 0 amide bonds. The molecule has 0 aliphatic rings. The van der Waals surface area contributed by atoms with E-state index in [1.54, 1.807) is 6.92 Å². The van der Waals surface area contributed by atoms with Crippen molar-refractivity contribution in [2.45, 2.75) is 19.1 Å². The number of alkyl halides is 3. The van der Waals surface area contributed by atoms with Crippen molar-refractivity contribution >= 4 is 15.9 Å². The minimum atomic E-state index is -4.49. The summed E-state index contributed by atoms with van der Waals surface area (Å²) in [7, 11) is 0. The lowest BCUT2D eigenvalue weighted by molar-refractivity contribution is -0.157. The van der Waals surface area contributed by atoms with E-state index in [1.165, 1.54) is 6.07 Å². The largest absolute Gasteiger partial charge is 0.405 e. The SMILES string of the molecule is CC(NCC(C#N)C(F)(F)F)c1cccc(Br)c1. The molecule has 6 heteroatoms. The molecular weight excluding hydrogens is 309 g/mol. The van der Waals surface area contributed by atoms with Crippen molar-refractivity contribution in [2.24, 2.45) is 5.92 Å². The number of hydrogen-bond donors (Lipinski definition) is 1. The summed E-state index contributed by atoms with van der Waals surface area (Å²) in [5.74, 6) is -1.98. The highest BCUT2D eigenvalue weighted by Crippen LogP contribution is 2.26. The van der Waals surface area contributed by atoms with E-state index in [0.717, 1.165) is 10.0 Å². The van der Waals surface area contributed by atoms with Gasteiger partial charge in [-0.2, -0.15) is 18.4 Å². The molecule has 0 aliphatic carbocycles. The predicted molar refractivity (Wildman–Crippen MR) is 65.7 cm³/mol. The lowest BCUT2D eigenvalue weighted by Gasteiger charge is -2.18. The average Bonchev–Trinajstić information content (AvgIpc) is 2.27. The van der Waals surface area contributed by atoms with Crippen LogP contribution in [0.1, 0.15) is 18.5 Å². The number of nitriles is 1. The first-order chi connectivity index (χ1) is 8.34. The van der Waals surface area contributed by atoms with Gasteiger partial charge in [0.2, 0.25) is 0 Å². The summed E-state index contributed by atoms with van der Waals surface area (Å²) in [5, 5.41) is 11.2. The Balaban J connectivity index is 2.61. The van der Waals surface area contributed by atoms with Crippen molar-refractivity contribution in [3.05, 3.63) is 34.3 Å². The van der Waals surface area contributed by atoms with Gasteiger partial charge in [0.15, 0.2) is 5.92 Å². The summed E-state index contributed by atoms with van der Waals surface area (Å²) in [6.07, 6.45) is -4.49. The van der Waals surface area contributed by atoms with Gasteiger partial charge in [-0.3, -0.25) is 0 Å². The van der Waals surface area contributed by atoms with Gasteiger partial charge in [0.05, 0.1) is 6.07 Å². The van der Waals surface area contributed by atoms with Gasteiger partial charge in [0.1, 0.15) is 0 Å². The Kier molecular flexibility index (Phi) is 5.17. The molecule has 1 rings (SSSR count). The van der Waals surface area contributed by atoms with E-state index in [9.17, 15) is 13.2 Å². The molecule has 2 atom stereocenters. The van der Waals surface area contributed by atoms with Crippen molar-refractivity contribution in [3.8, 4) is 6.07 Å². The van der Waals surface area contributed by atoms with Gasteiger partial charge < -0.3 is 5.32 Å². The van der Waals surface area contributed by atoms with E-state index in [0.29, 0.717) is 0 Å². The maximum atomic E-state index is 12.4. The van der Waals surface area contributed by atoms with E-state index < -0.39 is 18.6 Å². The maximum Gasteiger partial charge on any atom is 0.405 e. The third kappa shape index (κ3) is 4.31. The van der Waals surface area contributed by atoms with Crippen LogP contribution in [-0.2, 0) is 0 Å². The number of benzene rings is 1. The first-order valence-corrected chi connectivity index (χ1v) is 6.09. The fourth-order valence-corrected chi connectivity index (χ4v) is 1.84. The van der Waals surface area contributed by atoms with Gasteiger partial charge in [0.25, 0.3) is 0 Å². The Bertz CT molecular complexity index is 440. The predicted octanol–water partition coefficient (Wildman–Crippen LogP) is 3.80. The normalized spacial score (nSPS) is 14.9. The standard InChI is InChI=1S/C12H12BrF3N2/c1-8(9-3-2-4-11(13)5-9)18-7-10(6-17)12(14,15)16/h2-5,8,10,18H,7H2,1H3. The number of hydrogen-bond acceptors (Lipinski definition) is 2. The molecule has 0 aromatic heterocycles. The van der Waals surface area contributed by atoms with Crippen LogP contribution in [0.5, 0.6) is 0 Å². The minimum Gasteiger partial charge on any atom is -0.309 e. The number of nitrogens with one attached hydrogen (secondary N) is 1. The molecule has 0 spiro atoms. The summed E-state index contributed by atoms with van der Waals surface area (Å²) in [6, 6.07) is 8.30. The summed E-state index contributed by atoms with van der Waals surface area (Å²) in [6.45, 7) is 1.35. The first kappa shape index (κ1) is 15.0. The van der Waals surface area contributed by atoms with E-state index >= 15 is 0 Å². The van der Waals surface area contributed by atoms with Crippen LogP contribution in [0.15, 0.2) is 28.7 Å². The van der Waals surface area contributed by atoms with E-state index in [1.807, 2.05) is 24.3 Å². The maximum absolute atomic E-state index is 12.4. The summed E-state index contributed by atoms with van der Waals surface area (Å²) in [4.78, 5) is 0. The van der Waals surface area contributed by atoms with Crippen molar-refractivity contribution < 1.29 is 13.2 Å². The Morgan fingerprint density at radius 1 is 1.44 bits per heavy atom. The molecule has 2 unspecified atom stereocenters. The number of rotatable bonds is 4. The van der Waals surface area contributed by atoms with Crippen molar-refractivity contribution in [3.63, 3.8) is 0 Å². The zero-order valence-corrected chi connectivity index (χ0v) is 11.2. The van der Waals surface area contributed by atoms with Crippen LogP contribution in [0.4, 0.5) is 13.2 Å². The fourth-order valence-electron chi connectivity index (χ4n) is 1.42. The second-order valence-corrected chi connectivity index (χ2v) is 4.82. The van der Waals surface area contributed by atoms with Gasteiger partial charge in [0, 0.05) is 17.1 Å². The van der Waals surface area contributed by atoms with Gasteiger partial charge >= 0.3 is 6.18 Å². The summed E-state index contributed by atoms with van der Waals surface area (Å²) < 4.78 is 38.0. The molecule has 2 nitrogen and oxygen atoms in total. The molecule has 0 aliphatic heterocycles. The van der Waals surface area contributed by atoms with Crippen LogP contribution in [0.2, 0.25) is 0 Å². The molecule has 0 heterocycles. The topological polar surface area (TPSA) is 35.8 Å². The Labute approximate surface area is 112 Å².